The lowest BCUT2D eigenvalue weighted by atomic mass is 10.1. The van der Waals surface area contributed by atoms with Gasteiger partial charge < -0.3 is 19.7 Å². The summed E-state index contributed by atoms with van der Waals surface area (Å²) < 4.78 is 10.9. The Labute approximate surface area is 170 Å². The molecule has 1 N–H and O–H groups in total. The number of para-hydroxylation sites is 1. The van der Waals surface area contributed by atoms with Crippen LogP contribution in [0.4, 0.5) is 10.5 Å². The molecule has 0 saturated heterocycles. The second kappa shape index (κ2) is 8.27. The molecule has 2 amide bonds. The first-order valence-corrected chi connectivity index (χ1v) is 9.65. The number of nitrogens with one attached hydrogen (secondary N) is 1. The van der Waals surface area contributed by atoms with E-state index in [0.29, 0.717) is 13.1 Å². The topological polar surface area (TPSA) is 50.8 Å². The molecule has 1 heterocycles. The zero-order chi connectivity index (χ0) is 20.2. The first kappa shape index (κ1) is 18.9. The molecule has 5 nitrogen and oxygen atoms in total. The van der Waals surface area contributed by atoms with Crippen LogP contribution in [0.3, 0.4) is 0 Å². The fourth-order valence-corrected chi connectivity index (χ4v) is 3.46. The Balaban J connectivity index is 1.58. The van der Waals surface area contributed by atoms with Gasteiger partial charge in [-0.3, -0.25) is 0 Å². The quantitative estimate of drug-likeness (QED) is 0.648. The van der Waals surface area contributed by atoms with E-state index in [1.807, 2.05) is 80.6 Å². The molecule has 0 aromatic heterocycles. The summed E-state index contributed by atoms with van der Waals surface area (Å²) in [5, 5.41) is 3.10. The number of carbonyl (C=O) groups is 1. The zero-order valence-electron chi connectivity index (χ0n) is 16.6. The summed E-state index contributed by atoms with van der Waals surface area (Å²) in [5.74, 6) is 1.46. The van der Waals surface area contributed by atoms with Gasteiger partial charge in [0.1, 0.15) is 0 Å². The van der Waals surface area contributed by atoms with Crippen LogP contribution in [-0.2, 0) is 13.1 Å². The first-order valence-electron chi connectivity index (χ1n) is 9.65. The molecule has 1 aliphatic heterocycles. The summed E-state index contributed by atoms with van der Waals surface area (Å²) in [7, 11) is 0. The third kappa shape index (κ3) is 4.35. The fraction of sp³-hybridized carbons (Fsp3) is 0.208. The molecule has 1 aliphatic rings. The predicted molar refractivity (Wildman–Crippen MR) is 113 cm³/mol. The number of fused-ring (bicyclic) bond motifs is 1. The lowest BCUT2D eigenvalue weighted by Gasteiger charge is -2.24. The van der Waals surface area contributed by atoms with Gasteiger partial charge in [0.25, 0.3) is 0 Å². The molecular formula is C24H24N2O3. The fourth-order valence-electron chi connectivity index (χ4n) is 3.46. The highest BCUT2D eigenvalue weighted by atomic mass is 16.7. The van der Waals surface area contributed by atoms with Crippen LogP contribution in [0.15, 0.2) is 66.7 Å². The van der Waals surface area contributed by atoms with E-state index in [1.165, 1.54) is 0 Å². The van der Waals surface area contributed by atoms with E-state index >= 15 is 0 Å². The van der Waals surface area contributed by atoms with Crippen molar-refractivity contribution in [2.24, 2.45) is 0 Å². The van der Waals surface area contributed by atoms with Crippen LogP contribution in [0.5, 0.6) is 11.5 Å². The number of aryl methyl sites for hydroxylation is 2. The number of rotatable bonds is 5. The van der Waals surface area contributed by atoms with Gasteiger partial charge in [0, 0.05) is 18.8 Å². The average Bonchev–Trinajstić information content (AvgIpc) is 3.19. The minimum Gasteiger partial charge on any atom is -0.454 e. The normalized spacial score (nSPS) is 11.9. The third-order valence-electron chi connectivity index (χ3n) is 5.03. The second-order valence-corrected chi connectivity index (χ2v) is 7.23. The summed E-state index contributed by atoms with van der Waals surface area (Å²) in [6.07, 6.45) is 0. The molecule has 148 valence electrons. The number of benzene rings is 3. The maximum absolute atomic E-state index is 13.2. The number of urea groups is 1. The van der Waals surface area contributed by atoms with Gasteiger partial charge in [-0.15, -0.1) is 0 Å². The number of amides is 2. The molecule has 0 spiro atoms. The highest BCUT2D eigenvalue weighted by Gasteiger charge is 2.19. The highest BCUT2D eigenvalue weighted by Crippen LogP contribution is 2.33. The van der Waals surface area contributed by atoms with Crippen molar-refractivity contribution in [1.29, 1.82) is 0 Å². The van der Waals surface area contributed by atoms with Crippen LogP contribution in [0.1, 0.15) is 22.3 Å². The van der Waals surface area contributed by atoms with E-state index in [-0.39, 0.29) is 12.8 Å². The van der Waals surface area contributed by atoms with Gasteiger partial charge in [-0.25, -0.2) is 4.79 Å². The summed E-state index contributed by atoms with van der Waals surface area (Å²) in [5.41, 5.74) is 5.01. The summed E-state index contributed by atoms with van der Waals surface area (Å²) in [4.78, 5) is 15.0. The SMILES string of the molecule is Cc1cccc(C)c1NC(=O)N(Cc1ccccc1)Cc1ccc2c(c1)OCO2. The molecule has 0 aliphatic carbocycles. The molecule has 5 heteroatoms. The van der Waals surface area contributed by atoms with Gasteiger partial charge in [-0.1, -0.05) is 54.6 Å². The number of anilines is 1. The van der Waals surface area contributed by atoms with Gasteiger partial charge in [-0.05, 0) is 48.2 Å². The smallest absolute Gasteiger partial charge is 0.322 e. The van der Waals surface area contributed by atoms with E-state index < -0.39 is 0 Å². The van der Waals surface area contributed by atoms with Crippen LogP contribution < -0.4 is 14.8 Å². The average molecular weight is 388 g/mol. The Morgan fingerprint density at radius 2 is 1.55 bits per heavy atom. The number of hydrogen-bond donors (Lipinski definition) is 1. The minimum atomic E-state index is -0.135. The Bertz CT molecular complexity index is 998. The Hall–Kier alpha value is -3.47. The van der Waals surface area contributed by atoms with Crippen LogP contribution >= 0.6 is 0 Å². The number of carbonyl (C=O) groups excluding carboxylic acids is 1. The molecule has 0 bridgehead atoms. The van der Waals surface area contributed by atoms with Crippen molar-refractivity contribution in [3.05, 3.63) is 89.0 Å². The molecule has 3 aromatic rings. The Morgan fingerprint density at radius 3 is 2.31 bits per heavy atom. The van der Waals surface area contributed by atoms with Gasteiger partial charge in [-0.2, -0.15) is 0 Å². The van der Waals surface area contributed by atoms with Crippen molar-refractivity contribution in [3.63, 3.8) is 0 Å². The third-order valence-corrected chi connectivity index (χ3v) is 5.03. The van der Waals surface area contributed by atoms with Crippen LogP contribution in [0.25, 0.3) is 0 Å². The molecule has 0 atom stereocenters. The zero-order valence-corrected chi connectivity index (χ0v) is 16.6. The van der Waals surface area contributed by atoms with Crippen molar-refractivity contribution in [2.75, 3.05) is 12.1 Å². The van der Waals surface area contributed by atoms with Gasteiger partial charge in [0.05, 0.1) is 0 Å². The van der Waals surface area contributed by atoms with E-state index in [2.05, 4.69) is 5.32 Å². The molecule has 4 rings (SSSR count). The summed E-state index contributed by atoms with van der Waals surface area (Å²) in [6, 6.07) is 21.7. The maximum atomic E-state index is 13.2. The van der Waals surface area contributed by atoms with Gasteiger partial charge in [0.2, 0.25) is 6.79 Å². The van der Waals surface area contributed by atoms with Crippen molar-refractivity contribution < 1.29 is 14.3 Å². The maximum Gasteiger partial charge on any atom is 0.322 e. The highest BCUT2D eigenvalue weighted by molar-refractivity contribution is 5.91. The Morgan fingerprint density at radius 1 is 0.862 bits per heavy atom. The van der Waals surface area contributed by atoms with Gasteiger partial charge >= 0.3 is 6.03 Å². The molecule has 0 fully saturated rings. The number of hydrogen-bond acceptors (Lipinski definition) is 3. The molecule has 3 aromatic carbocycles. The van der Waals surface area contributed by atoms with Crippen molar-refractivity contribution in [1.82, 2.24) is 4.90 Å². The van der Waals surface area contributed by atoms with Gasteiger partial charge in [0.15, 0.2) is 11.5 Å². The minimum absolute atomic E-state index is 0.135. The first-order chi connectivity index (χ1) is 14.1. The molecule has 0 saturated carbocycles. The lowest BCUT2D eigenvalue weighted by molar-refractivity contribution is 0.174. The van der Waals surface area contributed by atoms with Crippen molar-refractivity contribution in [3.8, 4) is 11.5 Å². The number of ether oxygens (including phenoxy) is 2. The molecule has 29 heavy (non-hydrogen) atoms. The monoisotopic (exact) mass is 388 g/mol. The largest absolute Gasteiger partial charge is 0.454 e. The predicted octanol–water partition coefficient (Wildman–Crippen LogP) is 5.27. The van der Waals surface area contributed by atoms with E-state index in [1.54, 1.807) is 4.90 Å². The molecule has 0 radical (unpaired) electrons. The summed E-state index contributed by atoms with van der Waals surface area (Å²) in [6.45, 7) is 5.21. The Kier molecular flexibility index (Phi) is 5.38. The molecular weight excluding hydrogens is 364 g/mol. The van der Waals surface area contributed by atoms with Crippen LogP contribution in [0.2, 0.25) is 0 Å². The second-order valence-electron chi connectivity index (χ2n) is 7.23. The van der Waals surface area contributed by atoms with Crippen molar-refractivity contribution in [2.45, 2.75) is 26.9 Å². The number of nitrogens with zero attached hydrogens (tertiary/aromatic N) is 1. The van der Waals surface area contributed by atoms with Crippen LogP contribution in [0, 0.1) is 13.8 Å². The standard InChI is InChI=1S/C24H24N2O3/c1-17-7-6-8-18(2)23(17)25-24(27)26(14-19-9-4-3-5-10-19)15-20-11-12-21-22(13-20)29-16-28-21/h3-13H,14-16H2,1-2H3,(H,25,27). The van der Waals surface area contributed by atoms with E-state index in [9.17, 15) is 4.79 Å². The van der Waals surface area contributed by atoms with E-state index in [4.69, 9.17) is 9.47 Å². The summed E-state index contributed by atoms with van der Waals surface area (Å²) >= 11 is 0. The van der Waals surface area contributed by atoms with E-state index in [0.717, 1.165) is 39.4 Å². The lowest BCUT2D eigenvalue weighted by Crippen LogP contribution is -2.34. The van der Waals surface area contributed by atoms with Crippen LogP contribution in [-0.4, -0.2) is 17.7 Å². The molecule has 0 unspecified atom stereocenters. The van der Waals surface area contributed by atoms with Crippen molar-refractivity contribution >= 4 is 11.7 Å².